The highest BCUT2D eigenvalue weighted by Crippen LogP contribution is 2.10. The van der Waals surface area contributed by atoms with E-state index in [4.69, 9.17) is 5.73 Å². The maximum Gasteiger partial charge on any atom is 0.230 e. The number of hydrogen-bond acceptors (Lipinski definition) is 1. The molecule has 0 bridgehead atoms. The van der Waals surface area contributed by atoms with Gasteiger partial charge in [-0.15, -0.1) is 0 Å². The van der Waals surface area contributed by atoms with E-state index in [1.54, 1.807) is 0 Å². The molecule has 0 aliphatic rings. The van der Waals surface area contributed by atoms with Gasteiger partial charge in [0.05, 0.1) is 3.92 Å². The monoisotopic (exact) mass is 255 g/mol. The molecule has 0 radical (unpaired) electrons. The van der Waals surface area contributed by atoms with Crippen LogP contribution in [0, 0.1) is 0 Å². The predicted octanol–water partition coefficient (Wildman–Crippen LogP) is 1.86. The highest BCUT2D eigenvalue weighted by atomic mass is 127. The molecule has 0 aliphatic heterocycles. The topological polar surface area (TPSA) is 43.1 Å². The van der Waals surface area contributed by atoms with Crippen molar-refractivity contribution in [1.82, 2.24) is 0 Å². The Kier molecular flexibility index (Phi) is 6.06. The lowest BCUT2D eigenvalue weighted by atomic mass is 10.1. The minimum Gasteiger partial charge on any atom is -0.369 e. The van der Waals surface area contributed by atoms with Crippen LogP contribution in [0.25, 0.3) is 0 Å². The first-order valence-electron chi connectivity index (χ1n) is 3.62. The van der Waals surface area contributed by atoms with Crippen molar-refractivity contribution in [2.75, 3.05) is 0 Å². The summed E-state index contributed by atoms with van der Waals surface area (Å²) in [6.07, 6.45) is 4.45. The van der Waals surface area contributed by atoms with E-state index in [2.05, 4.69) is 29.5 Å². The standard InChI is InChI=1S/C7H14INO/c1-2-3-4-5-6(8)7(9)10/h6H,2-5H2,1H3,(H2,9,10). The highest BCUT2D eigenvalue weighted by Gasteiger charge is 2.08. The van der Waals surface area contributed by atoms with E-state index in [9.17, 15) is 4.79 Å². The number of amides is 1. The fourth-order valence-corrected chi connectivity index (χ4v) is 1.16. The quantitative estimate of drug-likeness (QED) is 0.454. The van der Waals surface area contributed by atoms with Gasteiger partial charge in [-0.1, -0.05) is 48.8 Å². The zero-order valence-electron chi connectivity index (χ0n) is 6.27. The van der Waals surface area contributed by atoms with Crippen molar-refractivity contribution in [1.29, 1.82) is 0 Å². The molecular weight excluding hydrogens is 241 g/mol. The molecule has 3 heteroatoms. The van der Waals surface area contributed by atoms with Gasteiger partial charge >= 0.3 is 0 Å². The van der Waals surface area contributed by atoms with Crippen LogP contribution in [0.15, 0.2) is 0 Å². The zero-order chi connectivity index (χ0) is 7.98. The minimum absolute atomic E-state index is 0.0316. The molecule has 0 rings (SSSR count). The average molecular weight is 255 g/mol. The number of hydrogen-bond donors (Lipinski definition) is 1. The number of rotatable bonds is 5. The van der Waals surface area contributed by atoms with Crippen LogP contribution >= 0.6 is 22.6 Å². The maximum absolute atomic E-state index is 10.5. The van der Waals surface area contributed by atoms with Gasteiger partial charge < -0.3 is 5.73 Å². The van der Waals surface area contributed by atoms with Crippen molar-refractivity contribution in [2.24, 2.45) is 5.73 Å². The molecule has 10 heavy (non-hydrogen) atoms. The molecule has 2 nitrogen and oxygen atoms in total. The Morgan fingerprint density at radius 3 is 2.60 bits per heavy atom. The number of halogens is 1. The van der Waals surface area contributed by atoms with Crippen molar-refractivity contribution in [3.8, 4) is 0 Å². The molecule has 0 aromatic heterocycles. The summed E-state index contributed by atoms with van der Waals surface area (Å²) < 4.78 is 0.0316. The van der Waals surface area contributed by atoms with Crippen LogP contribution in [0.4, 0.5) is 0 Å². The lowest BCUT2D eigenvalue weighted by Gasteiger charge is -2.02. The summed E-state index contributed by atoms with van der Waals surface area (Å²) >= 11 is 2.10. The third-order valence-corrected chi connectivity index (χ3v) is 2.61. The highest BCUT2D eigenvalue weighted by molar-refractivity contribution is 14.1. The van der Waals surface area contributed by atoms with Gasteiger partial charge in [0.2, 0.25) is 5.91 Å². The molecule has 0 aliphatic carbocycles. The summed E-state index contributed by atoms with van der Waals surface area (Å²) in [5.41, 5.74) is 5.07. The summed E-state index contributed by atoms with van der Waals surface area (Å²) in [7, 11) is 0. The molecule has 0 saturated carbocycles. The Balaban J connectivity index is 3.21. The molecule has 2 N–H and O–H groups in total. The predicted molar refractivity (Wildman–Crippen MR) is 51.1 cm³/mol. The Bertz CT molecular complexity index is 106. The van der Waals surface area contributed by atoms with Crippen LogP contribution in [0.1, 0.15) is 32.6 Å². The zero-order valence-corrected chi connectivity index (χ0v) is 8.43. The van der Waals surface area contributed by atoms with Gasteiger partial charge in [-0.05, 0) is 6.42 Å². The SMILES string of the molecule is CCCCCC(I)C(N)=O. The van der Waals surface area contributed by atoms with Gasteiger partial charge in [0.15, 0.2) is 0 Å². The van der Waals surface area contributed by atoms with E-state index < -0.39 is 0 Å². The van der Waals surface area contributed by atoms with E-state index in [0.29, 0.717) is 0 Å². The van der Waals surface area contributed by atoms with E-state index in [1.807, 2.05) is 0 Å². The van der Waals surface area contributed by atoms with E-state index in [-0.39, 0.29) is 9.83 Å². The number of primary amides is 1. The van der Waals surface area contributed by atoms with Crippen LogP contribution in [-0.4, -0.2) is 9.83 Å². The second kappa shape index (κ2) is 5.95. The second-order valence-corrected chi connectivity index (χ2v) is 3.87. The first-order chi connectivity index (χ1) is 4.68. The normalized spacial score (nSPS) is 13.0. The molecule has 0 aromatic carbocycles. The Morgan fingerprint density at radius 2 is 2.20 bits per heavy atom. The first-order valence-corrected chi connectivity index (χ1v) is 4.86. The fourth-order valence-electron chi connectivity index (χ4n) is 0.716. The molecule has 0 spiro atoms. The number of carbonyl (C=O) groups is 1. The number of nitrogens with two attached hydrogens (primary N) is 1. The smallest absolute Gasteiger partial charge is 0.230 e. The maximum atomic E-state index is 10.5. The fraction of sp³-hybridized carbons (Fsp3) is 0.857. The molecule has 0 saturated heterocycles. The van der Waals surface area contributed by atoms with Crippen molar-refractivity contribution >= 4 is 28.5 Å². The number of alkyl halides is 1. The summed E-state index contributed by atoms with van der Waals surface area (Å²) in [6, 6.07) is 0. The first kappa shape index (κ1) is 10.2. The van der Waals surface area contributed by atoms with Crippen LogP contribution in [0.3, 0.4) is 0 Å². The van der Waals surface area contributed by atoms with Crippen molar-refractivity contribution in [3.63, 3.8) is 0 Å². The minimum atomic E-state index is -0.184. The van der Waals surface area contributed by atoms with Crippen LogP contribution < -0.4 is 5.73 Å². The molecule has 0 aromatic rings. The van der Waals surface area contributed by atoms with E-state index >= 15 is 0 Å². The molecular formula is C7H14INO. The summed E-state index contributed by atoms with van der Waals surface area (Å²) in [6.45, 7) is 2.15. The number of carbonyl (C=O) groups excluding carboxylic acids is 1. The molecule has 1 amide bonds. The average Bonchev–Trinajstić information content (AvgIpc) is 1.88. The summed E-state index contributed by atoms with van der Waals surface area (Å²) in [5, 5.41) is 0. The third kappa shape index (κ3) is 5.02. The lowest BCUT2D eigenvalue weighted by molar-refractivity contribution is -0.117. The van der Waals surface area contributed by atoms with Crippen LogP contribution in [0.5, 0.6) is 0 Å². The van der Waals surface area contributed by atoms with Crippen molar-refractivity contribution < 1.29 is 4.79 Å². The van der Waals surface area contributed by atoms with Crippen LogP contribution in [-0.2, 0) is 4.79 Å². The molecule has 1 unspecified atom stereocenters. The van der Waals surface area contributed by atoms with Gasteiger partial charge in [0.1, 0.15) is 0 Å². The van der Waals surface area contributed by atoms with Gasteiger partial charge in [-0.25, -0.2) is 0 Å². The molecule has 0 fully saturated rings. The Morgan fingerprint density at radius 1 is 1.60 bits per heavy atom. The van der Waals surface area contributed by atoms with Gasteiger partial charge in [-0.2, -0.15) is 0 Å². The lowest BCUT2D eigenvalue weighted by Crippen LogP contribution is -2.22. The summed E-state index contributed by atoms with van der Waals surface area (Å²) in [5.74, 6) is -0.184. The van der Waals surface area contributed by atoms with Crippen molar-refractivity contribution in [3.05, 3.63) is 0 Å². The second-order valence-electron chi connectivity index (χ2n) is 2.37. The van der Waals surface area contributed by atoms with E-state index in [1.165, 1.54) is 12.8 Å². The Labute approximate surface area is 75.7 Å². The molecule has 1 atom stereocenters. The number of unbranched alkanes of at least 4 members (excludes halogenated alkanes) is 2. The van der Waals surface area contributed by atoms with Gasteiger partial charge in [0, 0.05) is 0 Å². The van der Waals surface area contributed by atoms with Crippen molar-refractivity contribution in [2.45, 2.75) is 36.5 Å². The van der Waals surface area contributed by atoms with E-state index in [0.717, 1.165) is 12.8 Å². The van der Waals surface area contributed by atoms with Gasteiger partial charge in [0.25, 0.3) is 0 Å². The van der Waals surface area contributed by atoms with Crippen LogP contribution in [0.2, 0.25) is 0 Å². The third-order valence-electron chi connectivity index (χ3n) is 1.37. The van der Waals surface area contributed by atoms with Gasteiger partial charge in [-0.3, -0.25) is 4.79 Å². The largest absolute Gasteiger partial charge is 0.369 e. The molecule has 60 valence electrons. The summed E-state index contributed by atoms with van der Waals surface area (Å²) in [4.78, 5) is 10.5. The molecule has 0 heterocycles. The Hall–Kier alpha value is 0.200.